The van der Waals surface area contributed by atoms with Crippen LogP contribution in [-0.4, -0.2) is 55.1 Å². The molecule has 0 spiro atoms. The first-order chi connectivity index (χ1) is 15.2. The number of morpholine rings is 1. The molecule has 32 heavy (non-hydrogen) atoms. The van der Waals surface area contributed by atoms with E-state index < -0.39 is 47.0 Å². The number of halogens is 4. The number of hydrogen-bond donors (Lipinski definition) is 2. The molecule has 2 N–H and O–H groups in total. The molecule has 2 saturated heterocycles. The maximum Gasteiger partial charge on any atom is 0.352 e. The largest absolute Gasteiger partial charge is 0.377 e. The average molecular weight is 451 g/mol. The maximum absolute atomic E-state index is 15.2. The van der Waals surface area contributed by atoms with Crippen LogP contribution >= 0.6 is 0 Å². The Labute approximate surface area is 181 Å². The molecule has 6 nitrogen and oxygen atoms in total. The number of piperazine rings is 1. The van der Waals surface area contributed by atoms with Gasteiger partial charge >= 0.3 is 5.92 Å². The summed E-state index contributed by atoms with van der Waals surface area (Å²) in [6, 6.07) is 5.11. The summed E-state index contributed by atoms with van der Waals surface area (Å²) >= 11 is 0. The van der Waals surface area contributed by atoms with Gasteiger partial charge in [0.25, 0.3) is 11.8 Å². The number of carbonyl (C=O) groups is 2. The van der Waals surface area contributed by atoms with Crippen molar-refractivity contribution < 1.29 is 31.9 Å². The smallest absolute Gasteiger partial charge is 0.352 e. The number of ether oxygens (including phenoxy) is 1. The monoisotopic (exact) mass is 451 g/mol. The summed E-state index contributed by atoms with van der Waals surface area (Å²) in [5.41, 5.74) is -0.913. The van der Waals surface area contributed by atoms with E-state index >= 15 is 8.78 Å². The molecule has 2 amide bonds. The van der Waals surface area contributed by atoms with Gasteiger partial charge in [0, 0.05) is 24.3 Å². The lowest BCUT2D eigenvalue weighted by Gasteiger charge is -2.46. The van der Waals surface area contributed by atoms with E-state index in [2.05, 4.69) is 10.6 Å². The predicted octanol–water partition coefficient (Wildman–Crippen LogP) is 2.82. The molecule has 2 unspecified atom stereocenters. The molecular formula is C22H21F4N3O3. The second-order valence-electron chi connectivity index (χ2n) is 7.90. The second-order valence-corrected chi connectivity index (χ2v) is 7.90. The van der Waals surface area contributed by atoms with E-state index in [1.165, 1.54) is 19.1 Å². The minimum atomic E-state index is -4.18. The Balaban J connectivity index is 1.60. The number of fused-ring (bicyclic) bond motifs is 2. The minimum absolute atomic E-state index is 0.104. The Bertz CT molecular complexity index is 1040. The molecule has 4 rings (SSSR count). The van der Waals surface area contributed by atoms with E-state index in [0.717, 1.165) is 23.1 Å². The number of benzene rings is 2. The summed E-state index contributed by atoms with van der Waals surface area (Å²) in [6.45, 7) is 2.30. The highest BCUT2D eigenvalue weighted by Gasteiger charge is 2.51. The molecule has 2 atom stereocenters. The lowest BCUT2D eigenvalue weighted by molar-refractivity contribution is -0.176. The summed E-state index contributed by atoms with van der Waals surface area (Å²) in [5.74, 6) is -8.27. The van der Waals surface area contributed by atoms with Crippen LogP contribution in [0.3, 0.4) is 0 Å². The molecule has 2 aromatic carbocycles. The van der Waals surface area contributed by atoms with Crippen molar-refractivity contribution in [2.45, 2.75) is 24.9 Å². The van der Waals surface area contributed by atoms with Crippen LogP contribution in [0.5, 0.6) is 0 Å². The Kier molecular flexibility index (Phi) is 5.91. The topological polar surface area (TPSA) is 70.7 Å². The third-order valence-corrected chi connectivity index (χ3v) is 5.65. The molecule has 2 bridgehead atoms. The summed E-state index contributed by atoms with van der Waals surface area (Å²) in [4.78, 5) is 26.4. The molecule has 2 fully saturated rings. The first kappa shape index (κ1) is 22.2. The molecule has 2 aliphatic rings. The number of rotatable bonds is 4. The Morgan fingerprint density at radius 3 is 2.38 bits per heavy atom. The average Bonchev–Trinajstić information content (AvgIpc) is 2.75. The van der Waals surface area contributed by atoms with Gasteiger partial charge in [-0.25, -0.2) is 8.78 Å². The van der Waals surface area contributed by atoms with Crippen LogP contribution in [0.2, 0.25) is 0 Å². The number of anilines is 1. The summed E-state index contributed by atoms with van der Waals surface area (Å²) in [5, 5.41) is 5.52. The van der Waals surface area contributed by atoms with Crippen molar-refractivity contribution in [3.8, 4) is 0 Å². The highest BCUT2D eigenvalue weighted by atomic mass is 19.3. The molecule has 2 aromatic rings. The molecule has 0 radical (unpaired) electrons. The zero-order chi connectivity index (χ0) is 23.0. The molecule has 0 saturated carbocycles. The van der Waals surface area contributed by atoms with Crippen molar-refractivity contribution in [3.63, 3.8) is 0 Å². The van der Waals surface area contributed by atoms with Crippen LogP contribution in [0.15, 0.2) is 36.4 Å². The van der Waals surface area contributed by atoms with Crippen LogP contribution in [0, 0.1) is 18.6 Å². The zero-order valence-corrected chi connectivity index (χ0v) is 17.1. The molecule has 2 heterocycles. The number of alkyl halides is 2. The van der Waals surface area contributed by atoms with Crippen molar-refractivity contribution >= 4 is 17.5 Å². The fraction of sp³-hybridized carbons (Fsp3) is 0.364. The van der Waals surface area contributed by atoms with E-state index in [9.17, 15) is 18.4 Å². The third-order valence-electron chi connectivity index (χ3n) is 5.65. The summed E-state index contributed by atoms with van der Waals surface area (Å²) < 4.78 is 63.6. The van der Waals surface area contributed by atoms with Gasteiger partial charge in [0.1, 0.15) is 11.6 Å². The highest BCUT2D eigenvalue weighted by molar-refractivity contribution is 6.04. The Morgan fingerprint density at radius 2 is 1.72 bits per heavy atom. The van der Waals surface area contributed by atoms with Gasteiger partial charge in [0.2, 0.25) is 0 Å². The lowest BCUT2D eigenvalue weighted by atomic mass is 9.99. The SMILES string of the molecule is Cc1cc(NC(=O)c2ccc(F)c(C(F)(F)C(=O)N3C4CNCC3COC4)c2)ccc1F. The van der Waals surface area contributed by atoms with E-state index in [-0.39, 0.29) is 30.0 Å². The van der Waals surface area contributed by atoms with Crippen LogP contribution in [0.25, 0.3) is 0 Å². The summed E-state index contributed by atoms with van der Waals surface area (Å²) in [6.07, 6.45) is 0. The molecule has 0 aliphatic carbocycles. The van der Waals surface area contributed by atoms with Gasteiger partial charge in [-0.1, -0.05) is 0 Å². The van der Waals surface area contributed by atoms with Crippen molar-refractivity contribution in [2.24, 2.45) is 0 Å². The Hall–Kier alpha value is -2.98. The Morgan fingerprint density at radius 1 is 1.06 bits per heavy atom. The van der Waals surface area contributed by atoms with Gasteiger partial charge in [0.05, 0.1) is 30.9 Å². The number of aryl methyl sites for hydroxylation is 1. The molecule has 10 heteroatoms. The number of hydrogen-bond acceptors (Lipinski definition) is 4. The molecule has 170 valence electrons. The molecular weight excluding hydrogens is 430 g/mol. The fourth-order valence-corrected chi connectivity index (χ4v) is 3.97. The van der Waals surface area contributed by atoms with Gasteiger partial charge in [0.15, 0.2) is 0 Å². The van der Waals surface area contributed by atoms with Gasteiger partial charge in [-0.3, -0.25) is 9.59 Å². The minimum Gasteiger partial charge on any atom is -0.377 e. The quantitative estimate of drug-likeness (QED) is 0.702. The van der Waals surface area contributed by atoms with Crippen molar-refractivity contribution in [1.29, 1.82) is 0 Å². The van der Waals surface area contributed by atoms with Gasteiger partial charge < -0.3 is 20.3 Å². The number of amides is 2. The van der Waals surface area contributed by atoms with Gasteiger partial charge in [-0.15, -0.1) is 0 Å². The fourth-order valence-electron chi connectivity index (χ4n) is 3.97. The van der Waals surface area contributed by atoms with E-state index in [0.29, 0.717) is 19.2 Å². The maximum atomic E-state index is 15.2. The second kappa shape index (κ2) is 8.51. The number of nitrogens with one attached hydrogen (secondary N) is 2. The zero-order valence-electron chi connectivity index (χ0n) is 17.1. The first-order valence-corrected chi connectivity index (χ1v) is 10.0. The van der Waals surface area contributed by atoms with Crippen molar-refractivity contribution in [2.75, 3.05) is 31.6 Å². The third kappa shape index (κ3) is 4.07. The highest BCUT2D eigenvalue weighted by Crippen LogP contribution is 2.35. The van der Waals surface area contributed by atoms with Gasteiger partial charge in [-0.2, -0.15) is 8.78 Å². The predicted molar refractivity (Wildman–Crippen MR) is 107 cm³/mol. The van der Waals surface area contributed by atoms with E-state index in [4.69, 9.17) is 4.74 Å². The van der Waals surface area contributed by atoms with Crippen LogP contribution in [0.1, 0.15) is 21.5 Å². The number of carbonyl (C=O) groups excluding carboxylic acids is 2. The molecule has 0 aromatic heterocycles. The first-order valence-electron chi connectivity index (χ1n) is 10.0. The van der Waals surface area contributed by atoms with Crippen LogP contribution in [0.4, 0.5) is 23.2 Å². The summed E-state index contributed by atoms with van der Waals surface area (Å²) in [7, 11) is 0. The van der Waals surface area contributed by atoms with E-state index in [1.807, 2.05) is 0 Å². The van der Waals surface area contributed by atoms with Gasteiger partial charge in [-0.05, 0) is 48.9 Å². The van der Waals surface area contributed by atoms with Crippen molar-refractivity contribution in [1.82, 2.24) is 10.2 Å². The normalized spacial score (nSPS) is 20.7. The lowest BCUT2D eigenvalue weighted by Crippen LogP contribution is -2.67. The van der Waals surface area contributed by atoms with E-state index in [1.54, 1.807) is 0 Å². The van der Waals surface area contributed by atoms with Crippen molar-refractivity contribution in [3.05, 3.63) is 64.7 Å². The van der Waals surface area contributed by atoms with Crippen LogP contribution in [-0.2, 0) is 15.5 Å². The molecule has 2 aliphatic heterocycles. The van der Waals surface area contributed by atoms with Crippen LogP contribution < -0.4 is 10.6 Å². The number of nitrogens with zero attached hydrogens (tertiary/aromatic N) is 1. The standard InChI is InChI=1S/C22H21F4N3O3/c1-12-6-14(3-5-18(12)23)28-20(30)13-2-4-19(24)17(7-13)22(25,26)21(31)29-15-8-27-9-16(29)11-32-10-15/h2-7,15-16,27H,8-11H2,1H3,(H,28,30).